The molecule has 1 fully saturated rings. The van der Waals surface area contributed by atoms with Crippen molar-refractivity contribution in [3.05, 3.63) is 11.4 Å². The fourth-order valence-corrected chi connectivity index (χ4v) is 1.94. The highest BCUT2D eigenvalue weighted by Crippen LogP contribution is 2.31. The quantitative estimate of drug-likeness (QED) is 0.810. The highest BCUT2D eigenvalue weighted by atomic mass is 16.2. The van der Waals surface area contributed by atoms with Gasteiger partial charge in [-0.1, -0.05) is 12.8 Å². The van der Waals surface area contributed by atoms with Crippen LogP contribution in [0.2, 0.25) is 0 Å². The highest BCUT2D eigenvalue weighted by Gasteiger charge is 2.22. The van der Waals surface area contributed by atoms with Gasteiger partial charge in [0.2, 0.25) is 0 Å². The van der Waals surface area contributed by atoms with Crippen LogP contribution < -0.4 is 11.1 Å². The van der Waals surface area contributed by atoms with Crippen LogP contribution in [0.15, 0.2) is 0 Å². The van der Waals surface area contributed by atoms with Gasteiger partial charge >= 0.3 is 0 Å². The summed E-state index contributed by atoms with van der Waals surface area (Å²) in [6.07, 6.45) is 3.69. The molecule has 17 heavy (non-hydrogen) atoms. The predicted molar refractivity (Wildman–Crippen MR) is 66.7 cm³/mol. The summed E-state index contributed by atoms with van der Waals surface area (Å²) >= 11 is 0. The lowest BCUT2D eigenvalue weighted by Crippen LogP contribution is -2.28. The van der Waals surface area contributed by atoms with E-state index in [2.05, 4.69) is 10.4 Å². The Labute approximate surface area is 101 Å². The molecule has 1 saturated carbocycles. The summed E-state index contributed by atoms with van der Waals surface area (Å²) in [6, 6.07) is 0. The third-order valence-electron chi connectivity index (χ3n) is 3.22. The molecule has 5 nitrogen and oxygen atoms in total. The van der Waals surface area contributed by atoms with Gasteiger partial charge in [0, 0.05) is 13.1 Å². The van der Waals surface area contributed by atoms with E-state index in [4.69, 9.17) is 5.73 Å². The maximum absolute atomic E-state index is 12.0. The van der Waals surface area contributed by atoms with E-state index in [9.17, 15) is 4.79 Å². The van der Waals surface area contributed by atoms with Crippen molar-refractivity contribution >= 4 is 11.6 Å². The fraction of sp³-hybridized carbons (Fsp3) is 0.667. The second-order valence-electron chi connectivity index (χ2n) is 4.65. The van der Waals surface area contributed by atoms with E-state index in [1.54, 1.807) is 4.68 Å². The minimum absolute atomic E-state index is 0.106. The fourth-order valence-electron chi connectivity index (χ4n) is 1.94. The third kappa shape index (κ3) is 2.60. The van der Waals surface area contributed by atoms with Crippen molar-refractivity contribution in [3.8, 4) is 0 Å². The minimum atomic E-state index is -0.106. The number of nitrogens with two attached hydrogens (primary N) is 1. The number of carbonyl (C=O) groups excluding carboxylic acids is 1. The molecular formula is C12H20N4O. The summed E-state index contributed by atoms with van der Waals surface area (Å²) in [6.45, 7) is 5.16. The monoisotopic (exact) mass is 236 g/mol. The van der Waals surface area contributed by atoms with Crippen LogP contribution in [0.1, 0.15) is 42.4 Å². The smallest absolute Gasteiger partial charge is 0.271 e. The van der Waals surface area contributed by atoms with Gasteiger partial charge in [-0.25, -0.2) is 0 Å². The number of anilines is 1. The molecule has 0 aromatic carbocycles. The van der Waals surface area contributed by atoms with Crippen LogP contribution in [0.3, 0.4) is 0 Å². The van der Waals surface area contributed by atoms with E-state index in [-0.39, 0.29) is 5.91 Å². The summed E-state index contributed by atoms with van der Waals surface area (Å²) in [5, 5.41) is 7.16. The highest BCUT2D eigenvalue weighted by molar-refractivity contribution is 5.97. The number of hydrogen-bond acceptors (Lipinski definition) is 3. The number of amides is 1. The SMILES string of the molecule is CCn1nc(C)c(N)c1C(=O)NCCC1CC1. The summed E-state index contributed by atoms with van der Waals surface area (Å²) in [4.78, 5) is 12.0. The van der Waals surface area contributed by atoms with Crippen molar-refractivity contribution in [2.75, 3.05) is 12.3 Å². The van der Waals surface area contributed by atoms with E-state index in [1.165, 1.54) is 12.8 Å². The van der Waals surface area contributed by atoms with Gasteiger partial charge in [0.1, 0.15) is 5.69 Å². The zero-order chi connectivity index (χ0) is 12.4. The van der Waals surface area contributed by atoms with Crippen LogP contribution in [0.4, 0.5) is 5.69 Å². The van der Waals surface area contributed by atoms with Gasteiger partial charge in [0.25, 0.3) is 5.91 Å². The van der Waals surface area contributed by atoms with Crippen LogP contribution >= 0.6 is 0 Å². The summed E-state index contributed by atoms with van der Waals surface area (Å²) in [5.41, 5.74) is 7.60. The summed E-state index contributed by atoms with van der Waals surface area (Å²) in [5.74, 6) is 0.719. The van der Waals surface area contributed by atoms with Crippen LogP contribution in [0, 0.1) is 12.8 Å². The Balaban J connectivity index is 2.01. The van der Waals surface area contributed by atoms with Gasteiger partial charge in [0.15, 0.2) is 0 Å². The molecule has 2 rings (SSSR count). The lowest BCUT2D eigenvalue weighted by molar-refractivity contribution is 0.0943. The van der Waals surface area contributed by atoms with Crippen molar-refractivity contribution in [2.24, 2.45) is 5.92 Å². The second kappa shape index (κ2) is 4.77. The van der Waals surface area contributed by atoms with E-state index in [0.29, 0.717) is 17.9 Å². The van der Waals surface area contributed by atoms with Crippen molar-refractivity contribution in [2.45, 2.75) is 39.7 Å². The molecule has 3 N–H and O–H groups in total. The number of aryl methyl sites for hydroxylation is 2. The third-order valence-corrected chi connectivity index (χ3v) is 3.22. The van der Waals surface area contributed by atoms with Crippen molar-refractivity contribution in [3.63, 3.8) is 0 Å². The average molecular weight is 236 g/mol. The maximum atomic E-state index is 12.0. The molecule has 1 heterocycles. The molecule has 0 spiro atoms. The van der Waals surface area contributed by atoms with Gasteiger partial charge in [-0.2, -0.15) is 5.10 Å². The second-order valence-corrected chi connectivity index (χ2v) is 4.65. The molecule has 1 aliphatic carbocycles. The molecule has 1 aromatic rings. The van der Waals surface area contributed by atoms with E-state index in [1.807, 2.05) is 13.8 Å². The molecule has 94 valence electrons. The zero-order valence-corrected chi connectivity index (χ0v) is 10.5. The van der Waals surface area contributed by atoms with Crippen molar-refractivity contribution < 1.29 is 4.79 Å². The Morgan fingerprint density at radius 3 is 2.88 bits per heavy atom. The Hall–Kier alpha value is -1.52. The van der Waals surface area contributed by atoms with Crippen LogP contribution in [-0.2, 0) is 6.54 Å². The van der Waals surface area contributed by atoms with Gasteiger partial charge < -0.3 is 11.1 Å². The number of rotatable bonds is 5. The molecule has 0 radical (unpaired) electrons. The van der Waals surface area contributed by atoms with Gasteiger partial charge in [-0.3, -0.25) is 9.48 Å². The molecular weight excluding hydrogens is 216 g/mol. The van der Waals surface area contributed by atoms with E-state index in [0.717, 1.165) is 24.6 Å². The van der Waals surface area contributed by atoms with Gasteiger partial charge in [0.05, 0.1) is 11.4 Å². The standard InChI is InChI=1S/C12H20N4O/c1-3-16-11(10(13)8(2)15-16)12(17)14-7-6-9-4-5-9/h9H,3-7,13H2,1-2H3,(H,14,17). The maximum Gasteiger partial charge on any atom is 0.271 e. The molecule has 0 aliphatic heterocycles. The van der Waals surface area contributed by atoms with Gasteiger partial charge in [-0.05, 0) is 26.2 Å². The molecule has 0 unspecified atom stereocenters. The van der Waals surface area contributed by atoms with Crippen LogP contribution in [0.5, 0.6) is 0 Å². The molecule has 0 saturated heterocycles. The molecule has 1 amide bonds. The van der Waals surface area contributed by atoms with Crippen molar-refractivity contribution in [1.82, 2.24) is 15.1 Å². The first-order valence-electron chi connectivity index (χ1n) is 6.24. The molecule has 1 aromatic heterocycles. The summed E-state index contributed by atoms with van der Waals surface area (Å²) in [7, 11) is 0. The Morgan fingerprint density at radius 1 is 1.59 bits per heavy atom. The predicted octanol–water partition coefficient (Wildman–Crippen LogP) is 1.32. The number of nitrogens with one attached hydrogen (secondary N) is 1. The first-order valence-corrected chi connectivity index (χ1v) is 6.24. The number of nitrogen functional groups attached to an aromatic ring is 1. The lowest BCUT2D eigenvalue weighted by Gasteiger charge is -2.07. The van der Waals surface area contributed by atoms with Crippen LogP contribution in [0.25, 0.3) is 0 Å². The van der Waals surface area contributed by atoms with E-state index >= 15 is 0 Å². The Bertz CT molecular complexity index is 420. The zero-order valence-electron chi connectivity index (χ0n) is 10.5. The van der Waals surface area contributed by atoms with E-state index < -0.39 is 0 Å². The Morgan fingerprint density at radius 2 is 2.29 bits per heavy atom. The number of nitrogens with zero attached hydrogens (tertiary/aromatic N) is 2. The first kappa shape index (κ1) is 12.0. The number of hydrogen-bond donors (Lipinski definition) is 2. The normalized spacial score (nSPS) is 14.9. The number of aromatic nitrogens is 2. The van der Waals surface area contributed by atoms with Crippen LogP contribution in [-0.4, -0.2) is 22.2 Å². The molecule has 0 atom stereocenters. The Kier molecular flexibility index (Phi) is 3.36. The summed E-state index contributed by atoms with van der Waals surface area (Å²) < 4.78 is 1.66. The number of carbonyl (C=O) groups is 1. The average Bonchev–Trinajstić information content (AvgIpc) is 3.06. The molecule has 1 aliphatic rings. The minimum Gasteiger partial charge on any atom is -0.395 e. The largest absolute Gasteiger partial charge is 0.395 e. The topological polar surface area (TPSA) is 72.9 Å². The lowest BCUT2D eigenvalue weighted by atomic mass is 10.2. The molecule has 0 bridgehead atoms. The molecule has 5 heteroatoms. The van der Waals surface area contributed by atoms with Gasteiger partial charge in [-0.15, -0.1) is 0 Å². The van der Waals surface area contributed by atoms with Crippen molar-refractivity contribution in [1.29, 1.82) is 0 Å². The first-order chi connectivity index (χ1) is 8.13.